The van der Waals surface area contributed by atoms with Crippen LogP contribution in [0.2, 0.25) is 0 Å². The Balaban J connectivity index is 2.69. The quantitative estimate of drug-likeness (QED) is 0.740. The van der Waals surface area contributed by atoms with Gasteiger partial charge in [-0.2, -0.15) is 4.39 Å². The maximum atomic E-state index is 13.2. The number of aryl methyl sites for hydroxylation is 2. The Hall–Kier alpha value is -1.58. The van der Waals surface area contributed by atoms with Crippen LogP contribution in [0, 0.1) is 13.8 Å². The second-order valence-corrected chi connectivity index (χ2v) is 3.51. The van der Waals surface area contributed by atoms with Crippen LogP contribution in [0.1, 0.15) is 18.1 Å². The summed E-state index contributed by atoms with van der Waals surface area (Å²) in [5.41, 5.74) is 1.90. The van der Waals surface area contributed by atoms with Gasteiger partial charge in [0.15, 0.2) is 0 Å². The molecular formula is C12H15FO3. The van der Waals surface area contributed by atoms with Gasteiger partial charge in [-0.25, -0.2) is 4.79 Å². The minimum absolute atomic E-state index is 0.134. The standard InChI is InChI=1S/C12H15FO3/c1-4-15-12(14)11(13)16-10-6-8(2)5-9(3)7-10/h5-7,11H,4H2,1-3H3. The fourth-order valence-electron chi connectivity index (χ4n) is 1.38. The van der Waals surface area contributed by atoms with Crippen molar-refractivity contribution in [2.75, 3.05) is 6.61 Å². The normalized spacial score (nSPS) is 12.0. The van der Waals surface area contributed by atoms with Gasteiger partial charge >= 0.3 is 12.3 Å². The number of halogens is 1. The van der Waals surface area contributed by atoms with Crippen LogP contribution < -0.4 is 4.74 Å². The molecule has 1 aromatic carbocycles. The molecule has 88 valence electrons. The molecule has 1 aromatic rings. The zero-order valence-corrected chi connectivity index (χ0v) is 9.62. The Morgan fingerprint density at radius 3 is 2.38 bits per heavy atom. The van der Waals surface area contributed by atoms with Crippen molar-refractivity contribution in [2.24, 2.45) is 0 Å². The lowest BCUT2D eigenvalue weighted by atomic mass is 10.1. The summed E-state index contributed by atoms with van der Waals surface area (Å²) < 4.78 is 22.6. The van der Waals surface area contributed by atoms with Gasteiger partial charge in [0.05, 0.1) is 6.61 Å². The summed E-state index contributed by atoms with van der Waals surface area (Å²) in [6, 6.07) is 5.27. The monoisotopic (exact) mass is 226 g/mol. The molecule has 0 saturated heterocycles. The van der Waals surface area contributed by atoms with E-state index in [4.69, 9.17) is 4.74 Å². The minimum Gasteiger partial charge on any atom is -0.461 e. The number of benzene rings is 1. The highest BCUT2D eigenvalue weighted by molar-refractivity contribution is 5.73. The molecule has 0 saturated carbocycles. The molecule has 0 amide bonds. The number of carbonyl (C=O) groups is 1. The number of hydrogen-bond donors (Lipinski definition) is 0. The number of hydrogen-bond acceptors (Lipinski definition) is 3. The van der Waals surface area contributed by atoms with Gasteiger partial charge < -0.3 is 9.47 Å². The topological polar surface area (TPSA) is 35.5 Å². The van der Waals surface area contributed by atoms with E-state index in [2.05, 4.69) is 4.74 Å². The van der Waals surface area contributed by atoms with E-state index in [9.17, 15) is 9.18 Å². The molecule has 0 spiro atoms. The Bertz CT molecular complexity index is 356. The first-order chi connectivity index (χ1) is 7.52. The van der Waals surface area contributed by atoms with E-state index < -0.39 is 12.3 Å². The zero-order valence-electron chi connectivity index (χ0n) is 9.62. The Morgan fingerprint density at radius 2 is 1.88 bits per heavy atom. The van der Waals surface area contributed by atoms with Crippen LogP contribution >= 0.6 is 0 Å². The third-order valence-electron chi connectivity index (χ3n) is 1.91. The molecule has 1 atom stereocenters. The van der Waals surface area contributed by atoms with Gasteiger partial charge in [-0.1, -0.05) is 6.07 Å². The van der Waals surface area contributed by atoms with E-state index in [1.807, 2.05) is 19.9 Å². The van der Waals surface area contributed by atoms with Crippen LogP contribution in [0.15, 0.2) is 18.2 Å². The molecule has 0 N–H and O–H groups in total. The smallest absolute Gasteiger partial charge is 0.381 e. The second-order valence-electron chi connectivity index (χ2n) is 3.51. The van der Waals surface area contributed by atoms with Crippen molar-refractivity contribution in [2.45, 2.75) is 27.1 Å². The first-order valence-corrected chi connectivity index (χ1v) is 5.08. The van der Waals surface area contributed by atoms with Crippen molar-refractivity contribution in [3.05, 3.63) is 29.3 Å². The van der Waals surface area contributed by atoms with Crippen molar-refractivity contribution < 1.29 is 18.7 Å². The third-order valence-corrected chi connectivity index (χ3v) is 1.91. The number of carbonyl (C=O) groups excluding carboxylic acids is 1. The summed E-state index contributed by atoms with van der Waals surface area (Å²) >= 11 is 0. The maximum Gasteiger partial charge on any atom is 0.381 e. The summed E-state index contributed by atoms with van der Waals surface area (Å²) in [6.07, 6.45) is -2.07. The van der Waals surface area contributed by atoms with E-state index in [0.29, 0.717) is 5.75 Å². The predicted octanol–water partition coefficient (Wildman–Crippen LogP) is 2.54. The maximum absolute atomic E-state index is 13.2. The van der Waals surface area contributed by atoms with Crippen LogP contribution in [0.3, 0.4) is 0 Å². The van der Waals surface area contributed by atoms with Gasteiger partial charge in [0.25, 0.3) is 0 Å². The summed E-state index contributed by atoms with van der Waals surface area (Å²) in [7, 11) is 0. The van der Waals surface area contributed by atoms with Crippen molar-refractivity contribution >= 4 is 5.97 Å². The largest absolute Gasteiger partial charge is 0.461 e. The lowest BCUT2D eigenvalue weighted by Gasteiger charge is -2.11. The van der Waals surface area contributed by atoms with Crippen LogP contribution in [0.25, 0.3) is 0 Å². The highest BCUT2D eigenvalue weighted by atomic mass is 19.1. The van der Waals surface area contributed by atoms with Crippen LogP contribution in [0.4, 0.5) is 4.39 Å². The molecule has 3 nitrogen and oxygen atoms in total. The van der Waals surface area contributed by atoms with Gasteiger partial charge in [0, 0.05) is 0 Å². The minimum atomic E-state index is -2.07. The van der Waals surface area contributed by atoms with E-state index in [1.54, 1.807) is 19.1 Å². The summed E-state index contributed by atoms with van der Waals surface area (Å²) in [5, 5.41) is 0. The van der Waals surface area contributed by atoms with Crippen molar-refractivity contribution in [3.8, 4) is 5.75 Å². The van der Waals surface area contributed by atoms with E-state index in [1.165, 1.54) is 0 Å². The molecule has 0 fully saturated rings. The number of alkyl halides is 1. The summed E-state index contributed by atoms with van der Waals surface area (Å²) in [4.78, 5) is 11.0. The Labute approximate surface area is 94.2 Å². The van der Waals surface area contributed by atoms with E-state index >= 15 is 0 Å². The molecule has 0 heterocycles. The average Bonchev–Trinajstić information content (AvgIpc) is 2.16. The number of ether oxygens (including phenoxy) is 2. The van der Waals surface area contributed by atoms with Crippen molar-refractivity contribution in [1.29, 1.82) is 0 Å². The molecule has 0 radical (unpaired) electrons. The average molecular weight is 226 g/mol. The molecular weight excluding hydrogens is 211 g/mol. The van der Waals surface area contributed by atoms with Crippen LogP contribution in [-0.2, 0) is 9.53 Å². The zero-order chi connectivity index (χ0) is 12.1. The molecule has 0 aromatic heterocycles. The summed E-state index contributed by atoms with van der Waals surface area (Å²) in [5.74, 6) is -0.667. The Morgan fingerprint density at radius 1 is 1.31 bits per heavy atom. The molecule has 16 heavy (non-hydrogen) atoms. The Kier molecular flexibility index (Phi) is 4.28. The second kappa shape index (κ2) is 5.49. The fraction of sp³-hybridized carbons (Fsp3) is 0.417. The lowest BCUT2D eigenvalue weighted by molar-refractivity contribution is -0.159. The molecule has 1 rings (SSSR count). The molecule has 4 heteroatoms. The van der Waals surface area contributed by atoms with Crippen LogP contribution in [0.5, 0.6) is 5.75 Å². The molecule has 0 aliphatic rings. The molecule has 1 unspecified atom stereocenters. The van der Waals surface area contributed by atoms with E-state index in [-0.39, 0.29) is 6.61 Å². The van der Waals surface area contributed by atoms with Gasteiger partial charge in [-0.05, 0) is 44.0 Å². The van der Waals surface area contributed by atoms with Crippen molar-refractivity contribution in [1.82, 2.24) is 0 Å². The first-order valence-electron chi connectivity index (χ1n) is 5.08. The molecule has 0 aliphatic heterocycles. The van der Waals surface area contributed by atoms with Gasteiger partial charge in [-0.3, -0.25) is 0 Å². The number of esters is 1. The molecule has 0 bridgehead atoms. The van der Waals surface area contributed by atoms with E-state index in [0.717, 1.165) is 11.1 Å². The SMILES string of the molecule is CCOC(=O)C(F)Oc1cc(C)cc(C)c1. The summed E-state index contributed by atoms with van der Waals surface area (Å²) in [6.45, 7) is 5.49. The van der Waals surface area contributed by atoms with Crippen LogP contribution in [-0.4, -0.2) is 18.9 Å². The highest BCUT2D eigenvalue weighted by Gasteiger charge is 2.20. The fourth-order valence-corrected chi connectivity index (χ4v) is 1.38. The van der Waals surface area contributed by atoms with Crippen molar-refractivity contribution in [3.63, 3.8) is 0 Å². The predicted molar refractivity (Wildman–Crippen MR) is 58.1 cm³/mol. The first kappa shape index (κ1) is 12.5. The number of rotatable bonds is 4. The highest BCUT2D eigenvalue weighted by Crippen LogP contribution is 2.18. The van der Waals surface area contributed by atoms with Gasteiger partial charge in [-0.15, -0.1) is 0 Å². The van der Waals surface area contributed by atoms with Gasteiger partial charge in [0.1, 0.15) is 5.75 Å². The third kappa shape index (κ3) is 3.53. The lowest BCUT2D eigenvalue weighted by Crippen LogP contribution is -2.24. The van der Waals surface area contributed by atoms with Gasteiger partial charge in [0.2, 0.25) is 0 Å². The molecule has 0 aliphatic carbocycles.